The number of hydrogen-bond acceptors (Lipinski definition) is 5. The van der Waals surface area contributed by atoms with Gasteiger partial charge in [0.15, 0.2) is 0 Å². The first-order chi connectivity index (χ1) is 9.45. The fourth-order valence-corrected chi connectivity index (χ4v) is 3.99. The van der Waals surface area contributed by atoms with Crippen LogP contribution in [-0.4, -0.2) is 42.2 Å². The Morgan fingerprint density at radius 3 is 2.00 bits per heavy atom. The fourth-order valence-electron chi connectivity index (χ4n) is 1.70. The quantitative estimate of drug-likeness (QED) is 0.666. The molecule has 0 amide bonds. The third kappa shape index (κ3) is 6.00. The van der Waals surface area contributed by atoms with Crippen LogP contribution in [0.4, 0.5) is 5.69 Å². The molecule has 0 aromatic heterocycles. The van der Waals surface area contributed by atoms with Gasteiger partial charge in [-0.2, -0.15) is 0 Å². The van der Waals surface area contributed by atoms with E-state index >= 15 is 0 Å². The van der Waals surface area contributed by atoms with Gasteiger partial charge in [-0.1, -0.05) is 0 Å². The minimum absolute atomic E-state index is 0.0593. The predicted octanol–water partition coefficient (Wildman–Crippen LogP) is 0.334. The van der Waals surface area contributed by atoms with Crippen LogP contribution >= 0.6 is 0 Å². The molecule has 1 rings (SSSR count). The first-order valence-corrected chi connectivity index (χ1v) is 9.59. The van der Waals surface area contributed by atoms with Gasteiger partial charge < -0.3 is 5.32 Å². The summed E-state index contributed by atoms with van der Waals surface area (Å²) in [5, 5.41) is 2.90. The van der Waals surface area contributed by atoms with Gasteiger partial charge in [0, 0.05) is 24.8 Å². The van der Waals surface area contributed by atoms with Gasteiger partial charge in [-0.3, -0.25) is 0 Å². The van der Waals surface area contributed by atoms with E-state index in [-0.39, 0.29) is 11.4 Å². The predicted molar refractivity (Wildman–Crippen MR) is 83.2 cm³/mol. The van der Waals surface area contributed by atoms with Gasteiger partial charge in [0.05, 0.1) is 11.2 Å². The zero-order valence-electron chi connectivity index (χ0n) is 12.5. The van der Waals surface area contributed by atoms with Crippen LogP contribution in [0.15, 0.2) is 29.2 Å². The normalized spacial score (nSPS) is 13.1. The number of sulfonamides is 2. The maximum atomic E-state index is 12.1. The molecule has 0 unspecified atom stereocenters. The van der Waals surface area contributed by atoms with E-state index in [9.17, 15) is 16.8 Å². The smallest absolute Gasteiger partial charge is 0.240 e. The Hall–Kier alpha value is -1.16. The number of hydrogen-bond donors (Lipinski definition) is 3. The van der Waals surface area contributed by atoms with Gasteiger partial charge in [-0.05, 0) is 38.1 Å². The van der Waals surface area contributed by atoms with Crippen molar-refractivity contribution in [1.29, 1.82) is 0 Å². The first kappa shape index (κ1) is 17.9. The monoisotopic (exact) mass is 335 g/mol. The Balaban J connectivity index is 2.81. The van der Waals surface area contributed by atoms with E-state index < -0.39 is 25.6 Å². The molecule has 0 saturated carbocycles. The van der Waals surface area contributed by atoms with Crippen LogP contribution in [0.5, 0.6) is 0 Å². The van der Waals surface area contributed by atoms with Crippen LogP contribution in [-0.2, 0) is 20.0 Å². The summed E-state index contributed by atoms with van der Waals surface area (Å²) in [5.41, 5.74) is -0.126. The first-order valence-electron chi connectivity index (χ1n) is 6.22. The van der Waals surface area contributed by atoms with Gasteiger partial charge in [0.25, 0.3) is 0 Å². The molecule has 1 aromatic rings. The van der Waals surface area contributed by atoms with Crippen molar-refractivity contribution < 1.29 is 16.8 Å². The number of nitrogens with one attached hydrogen (secondary N) is 3. The van der Waals surface area contributed by atoms with E-state index in [0.717, 1.165) is 11.9 Å². The molecule has 0 aliphatic rings. The summed E-state index contributed by atoms with van der Waals surface area (Å²) in [6, 6.07) is 6.25. The van der Waals surface area contributed by atoms with E-state index in [1.165, 1.54) is 12.1 Å². The lowest BCUT2D eigenvalue weighted by molar-refractivity contribution is 0.446. The number of rotatable bonds is 7. The van der Waals surface area contributed by atoms with Crippen molar-refractivity contribution in [1.82, 2.24) is 9.44 Å². The van der Waals surface area contributed by atoms with Gasteiger partial charge in [-0.15, -0.1) is 0 Å². The molecule has 0 fully saturated rings. The Kier molecular flexibility index (Phi) is 5.37. The number of benzene rings is 1. The van der Waals surface area contributed by atoms with Crippen molar-refractivity contribution in [2.45, 2.75) is 24.3 Å². The minimum atomic E-state index is -3.69. The third-order valence-electron chi connectivity index (χ3n) is 2.62. The Bertz CT molecular complexity index is 680. The highest BCUT2D eigenvalue weighted by molar-refractivity contribution is 7.89. The highest BCUT2D eigenvalue weighted by atomic mass is 32.2. The average Bonchev–Trinajstić information content (AvgIpc) is 2.34. The zero-order chi connectivity index (χ0) is 16.3. The molecule has 21 heavy (non-hydrogen) atoms. The molecule has 0 spiro atoms. The molecule has 9 heteroatoms. The maximum Gasteiger partial charge on any atom is 0.240 e. The SMILES string of the molecule is CNc1ccc(S(=O)(=O)NCC(C)(C)NS(C)(=O)=O)cc1. The van der Waals surface area contributed by atoms with Gasteiger partial charge >= 0.3 is 0 Å². The Labute approximate surface area is 126 Å². The van der Waals surface area contributed by atoms with Crippen molar-refractivity contribution in [2.24, 2.45) is 0 Å². The molecule has 0 radical (unpaired) electrons. The van der Waals surface area contributed by atoms with Gasteiger partial charge in [0.2, 0.25) is 20.0 Å². The van der Waals surface area contributed by atoms with Crippen LogP contribution in [0, 0.1) is 0 Å². The highest BCUT2D eigenvalue weighted by Gasteiger charge is 2.25. The van der Waals surface area contributed by atoms with Crippen LogP contribution in [0.1, 0.15) is 13.8 Å². The second-order valence-corrected chi connectivity index (χ2v) is 8.87. The second kappa shape index (κ2) is 6.30. The number of anilines is 1. The summed E-state index contributed by atoms with van der Waals surface area (Å²) in [5.74, 6) is 0. The zero-order valence-corrected chi connectivity index (χ0v) is 14.1. The van der Waals surface area contributed by atoms with Crippen molar-refractivity contribution >= 4 is 25.7 Å². The van der Waals surface area contributed by atoms with E-state index in [0.29, 0.717) is 0 Å². The molecule has 3 N–H and O–H groups in total. The summed E-state index contributed by atoms with van der Waals surface area (Å²) < 4.78 is 51.5. The molecule has 1 aromatic carbocycles. The maximum absolute atomic E-state index is 12.1. The lowest BCUT2D eigenvalue weighted by atomic mass is 10.1. The lowest BCUT2D eigenvalue weighted by Crippen LogP contribution is -2.50. The molecule has 0 aliphatic heterocycles. The summed E-state index contributed by atoms with van der Waals surface area (Å²) in [6.07, 6.45) is 1.03. The van der Waals surface area contributed by atoms with Crippen LogP contribution in [0.2, 0.25) is 0 Å². The van der Waals surface area contributed by atoms with Gasteiger partial charge in [0.1, 0.15) is 0 Å². The van der Waals surface area contributed by atoms with E-state index in [1.54, 1.807) is 33.0 Å². The molecule has 0 aliphatic carbocycles. The Morgan fingerprint density at radius 1 is 1.05 bits per heavy atom. The van der Waals surface area contributed by atoms with Crippen LogP contribution < -0.4 is 14.8 Å². The van der Waals surface area contributed by atoms with E-state index in [4.69, 9.17) is 0 Å². The van der Waals surface area contributed by atoms with Crippen LogP contribution in [0.3, 0.4) is 0 Å². The minimum Gasteiger partial charge on any atom is -0.388 e. The molecule has 0 atom stereocenters. The summed E-state index contributed by atoms with van der Waals surface area (Å²) in [7, 11) is -5.37. The fraction of sp³-hybridized carbons (Fsp3) is 0.500. The van der Waals surface area contributed by atoms with Crippen molar-refractivity contribution in [3.05, 3.63) is 24.3 Å². The summed E-state index contributed by atoms with van der Waals surface area (Å²) >= 11 is 0. The summed E-state index contributed by atoms with van der Waals surface area (Å²) in [4.78, 5) is 0.122. The molecule has 0 heterocycles. The molecule has 120 valence electrons. The standard InChI is InChI=1S/C12H21N3O4S2/c1-12(2,15-20(4,16)17)9-14-21(18,19)11-7-5-10(13-3)6-8-11/h5-8,13-15H,9H2,1-4H3. The Morgan fingerprint density at radius 2 is 1.57 bits per heavy atom. The molecule has 7 nitrogen and oxygen atoms in total. The lowest BCUT2D eigenvalue weighted by Gasteiger charge is -2.25. The average molecular weight is 335 g/mol. The topological polar surface area (TPSA) is 104 Å². The van der Waals surface area contributed by atoms with Crippen molar-refractivity contribution in [2.75, 3.05) is 25.2 Å². The molecular weight excluding hydrogens is 314 g/mol. The van der Waals surface area contributed by atoms with E-state index in [2.05, 4.69) is 14.8 Å². The van der Waals surface area contributed by atoms with Gasteiger partial charge in [-0.25, -0.2) is 26.3 Å². The summed E-state index contributed by atoms with van der Waals surface area (Å²) in [6.45, 7) is 3.14. The van der Waals surface area contributed by atoms with Crippen molar-refractivity contribution in [3.8, 4) is 0 Å². The largest absolute Gasteiger partial charge is 0.388 e. The van der Waals surface area contributed by atoms with Crippen molar-refractivity contribution in [3.63, 3.8) is 0 Å². The molecule has 0 saturated heterocycles. The highest BCUT2D eigenvalue weighted by Crippen LogP contribution is 2.14. The van der Waals surface area contributed by atoms with E-state index in [1.807, 2.05) is 0 Å². The van der Waals surface area contributed by atoms with Crippen LogP contribution in [0.25, 0.3) is 0 Å². The second-order valence-electron chi connectivity index (χ2n) is 5.36. The molecular formula is C12H21N3O4S2. The third-order valence-corrected chi connectivity index (χ3v) is 4.96. The molecule has 0 bridgehead atoms.